The number of rotatable bonds is 9. The maximum absolute atomic E-state index is 5.88. The first-order valence-corrected chi connectivity index (χ1v) is 6.67. The molecule has 0 radical (unpaired) electrons. The minimum absolute atomic E-state index is 0.147. The van der Waals surface area contributed by atoms with Crippen LogP contribution in [-0.4, -0.2) is 18.2 Å². The topological polar surface area (TPSA) is 47.3 Å². The third-order valence-corrected chi connectivity index (χ3v) is 3.84. The van der Waals surface area contributed by atoms with Crippen molar-refractivity contribution in [3.63, 3.8) is 0 Å². The van der Waals surface area contributed by atoms with Gasteiger partial charge < -0.3 is 4.74 Å². The summed E-state index contributed by atoms with van der Waals surface area (Å²) in [6.07, 6.45) is 4.49. The number of nitrogens with two attached hydrogens (primary N) is 1. The Morgan fingerprint density at radius 1 is 1.19 bits per heavy atom. The van der Waals surface area contributed by atoms with Crippen LogP contribution in [0.1, 0.15) is 60.3 Å². The molecular formula is C13H30N2O. The molecule has 0 rings (SSSR count). The monoisotopic (exact) mass is 230 g/mol. The minimum atomic E-state index is -0.147. The molecule has 3 N–H and O–H groups in total. The maximum atomic E-state index is 5.88. The zero-order valence-electron chi connectivity index (χ0n) is 11.7. The van der Waals surface area contributed by atoms with Crippen molar-refractivity contribution in [1.29, 1.82) is 0 Å². The molecule has 0 aromatic carbocycles. The predicted octanol–water partition coefficient (Wildman–Crippen LogP) is 2.85. The molecule has 3 heteroatoms. The highest BCUT2D eigenvalue weighted by molar-refractivity contribution is 4.88. The largest absolute Gasteiger partial charge is 0.374 e. The van der Waals surface area contributed by atoms with Gasteiger partial charge in [0.05, 0.1) is 11.6 Å². The summed E-state index contributed by atoms with van der Waals surface area (Å²) in [6.45, 7) is 11.6. The van der Waals surface area contributed by atoms with E-state index < -0.39 is 0 Å². The van der Waals surface area contributed by atoms with E-state index in [1.165, 1.54) is 12.8 Å². The Balaban J connectivity index is 4.54. The Labute approximate surface area is 101 Å². The highest BCUT2D eigenvalue weighted by atomic mass is 16.5. The van der Waals surface area contributed by atoms with Gasteiger partial charge in [0, 0.05) is 6.61 Å². The molecule has 0 heterocycles. The van der Waals surface area contributed by atoms with Gasteiger partial charge in [0.1, 0.15) is 0 Å². The molecule has 0 saturated heterocycles. The van der Waals surface area contributed by atoms with Crippen LogP contribution in [0.3, 0.4) is 0 Å². The van der Waals surface area contributed by atoms with Crippen molar-refractivity contribution < 1.29 is 4.74 Å². The molecule has 0 aromatic rings. The van der Waals surface area contributed by atoms with Crippen molar-refractivity contribution in [1.82, 2.24) is 5.43 Å². The SMILES string of the molecule is CCOC(C)(CC)C(CC(CC)CC)NN. The van der Waals surface area contributed by atoms with Gasteiger partial charge in [0.15, 0.2) is 0 Å². The quantitative estimate of drug-likeness (QED) is 0.473. The Morgan fingerprint density at radius 3 is 2.06 bits per heavy atom. The molecule has 16 heavy (non-hydrogen) atoms. The summed E-state index contributed by atoms with van der Waals surface area (Å²) >= 11 is 0. The van der Waals surface area contributed by atoms with Crippen LogP contribution in [0.4, 0.5) is 0 Å². The van der Waals surface area contributed by atoms with Crippen LogP contribution in [0, 0.1) is 5.92 Å². The van der Waals surface area contributed by atoms with E-state index in [1.54, 1.807) is 0 Å². The molecule has 0 amide bonds. The van der Waals surface area contributed by atoms with Crippen molar-refractivity contribution in [2.45, 2.75) is 71.9 Å². The lowest BCUT2D eigenvalue weighted by Crippen LogP contribution is -2.53. The smallest absolute Gasteiger partial charge is 0.0817 e. The summed E-state index contributed by atoms with van der Waals surface area (Å²) in [4.78, 5) is 0. The van der Waals surface area contributed by atoms with E-state index in [2.05, 4.69) is 33.1 Å². The van der Waals surface area contributed by atoms with E-state index in [4.69, 9.17) is 10.6 Å². The van der Waals surface area contributed by atoms with Crippen molar-refractivity contribution in [3.8, 4) is 0 Å². The van der Waals surface area contributed by atoms with Gasteiger partial charge in [-0.1, -0.05) is 33.6 Å². The van der Waals surface area contributed by atoms with E-state index >= 15 is 0 Å². The van der Waals surface area contributed by atoms with Crippen molar-refractivity contribution in [2.24, 2.45) is 11.8 Å². The third kappa shape index (κ3) is 4.40. The highest BCUT2D eigenvalue weighted by Crippen LogP contribution is 2.26. The third-order valence-electron chi connectivity index (χ3n) is 3.84. The van der Waals surface area contributed by atoms with Crippen LogP contribution < -0.4 is 11.3 Å². The molecule has 2 unspecified atom stereocenters. The zero-order chi connectivity index (χ0) is 12.6. The fraction of sp³-hybridized carbons (Fsp3) is 1.00. The molecule has 0 aliphatic carbocycles. The standard InChI is InChI=1S/C13H30N2O/c1-6-11(7-2)10-12(15-14)13(5,8-3)16-9-4/h11-12,15H,6-10,14H2,1-5H3. The van der Waals surface area contributed by atoms with Gasteiger partial charge in [-0.15, -0.1) is 0 Å². The maximum Gasteiger partial charge on any atom is 0.0817 e. The second-order valence-electron chi connectivity index (χ2n) is 4.74. The molecule has 0 bridgehead atoms. The minimum Gasteiger partial charge on any atom is -0.374 e. The summed E-state index contributed by atoms with van der Waals surface area (Å²) in [6, 6.07) is 0.238. The molecule has 0 aliphatic rings. The summed E-state index contributed by atoms with van der Waals surface area (Å²) in [5.74, 6) is 6.42. The normalized spacial score (nSPS) is 17.4. The van der Waals surface area contributed by atoms with E-state index in [0.29, 0.717) is 0 Å². The molecule has 0 aromatic heterocycles. The van der Waals surface area contributed by atoms with Crippen molar-refractivity contribution >= 4 is 0 Å². The molecule has 98 valence electrons. The van der Waals surface area contributed by atoms with Gasteiger partial charge in [-0.3, -0.25) is 11.3 Å². The second-order valence-corrected chi connectivity index (χ2v) is 4.74. The van der Waals surface area contributed by atoms with Crippen LogP contribution in [0.5, 0.6) is 0 Å². The molecule has 3 nitrogen and oxygen atoms in total. The van der Waals surface area contributed by atoms with E-state index in [9.17, 15) is 0 Å². The number of hydrazine groups is 1. The molecule has 0 aliphatic heterocycles. The van der Waals surface area contributed by atoms with E-state index in [1.807, 2.05) is 6.92 Å². The van der Waals surface area contributed by atoms with Gasteiger partial charge >= 0.3 is 0 Å². The zero-order valence-corrected chi connectivity index (χ0v) is 11.7. The lowest BCUT2D eigenvalue weighted by Gasteiger charge is -2.38. The summed E-state index contributed by atoms with van der Waals surface area (Å²) < 4.78 is 5.88. The molecule has 0 spiro atoms. The molecule has 0 saturated carbocycles. The molecule has 2 atom stereocenters. The van der Waals surface area contributed by atoms with Crippen LogP contribution >= 0.6 is 0 Å². The van der Waals surface area contributed by atoms with Crippen LogP contribution in [0.2, 0.25) is 0 Å². The fourth-order valence-electron chi connectivity index (χ4n) is 2.23. The molecule has 0 fully saturated rings. The van der Waals surface area contributed by atoms with Gasteiger partial charge in [-0.05, 0) is 32.6 Å². The number of hydrogen-bond donors (Lipinski definition) is 2. The van der Waals surface area contributed by atoms with E-state index in [0.717, 1.165) is 25.4 Å². The first-order valence-electron chi connectivity index (χ1n) is 6.67. The Hall–Kier alpha value is -0.120. The fourth-order valence-corrected chi connectivity index (χ4v) is 2.23. The number of hydrogen-bond acceptors (Lipinski definition) is 3. The lowest BCUT2D eigenvalue weighted by molar-refractivity contribution is -0.0605. The summed E-state index contributed by atoms with van der Waals surface area (Å²) in [5.41, 5.74) is 2.81. The van der Waals surface area contributed by atoms with Crippen LogP contribution in [0.25, 0.3) is 0 Å². The van der Waals surface area contributed by atoms with Crippen molar-refractivity contribution in [2.75, 3.05) is 6.61 Å². The first kappa shape index (κ1) is 15.9. The van der Waals surface area contributed by atoms with Gasteiger partial charge in [-0.25, -0.2) is 0 Å². The average molecular weight is 230 g/mol. The Kier molecular flexibility index (Phi) is 7.98. The van der Waals surface area contributed by atoms with Gasteiger partial charge in [0.2, 0.25) is 0 Å². The Bertz CT molecular complexity index is 171. The predicted molar refractivity (Wildman–Crippen MR) is 70.1 cm³/mol. The summed E-state index contributed by atoms with van der Waals surface area (Å²) in [5, 5.41) is 0. The molecular weight excluding hydrogens is 200 g/mol. The van der Waals surface area contributed by atoms with E-state index in [-0.39, 0.29) is 11.6 Å². The number of ether oxygens (including phenoxy) is 1. The van der Waals surface area contributed by atoms with Gasteiger partial charge in [0.25, 0.3) is 0 Å². The highest BCUT2D eigenvalue weighted by Gasteiger charge is 2.33. The van der Waals surface area contributed by atoms with Gasteiger partial charge in [-0.2, -0.15) is 0 Å². The van der Waals surface area contributed by atoms with Crippen LogP contribution in [-0.2, 0) is 4.74 Å². The number of nitrogens with one attached hydrogen (secondary N) is 1. The van der Waals surface area contributed by atoms with Crippen molar-refractivity contribution in [3.05, 3.63) is 0 Å². The lowest BCUT2D eigenvalue weighted by atomic mass is 9.84. The average Bonchev–Trinajstić information content (AvgIpc) is 2.31. The van der Waals surface area contributed by atoms with Crippen LogP contribution in [0.15, 0.2) is 0 Å². The second kappa shape index (κ2) is 8.04. The Morgan fingerprint density at radius 2 is 1.75 bits per heavy atom. The summed E-state index contributed by atoms with van der Waals surface area (Å²) in [7, 11) is 0. The first-order chi connectivity index (χ1) is 7.57.